The maximum Gasteiger partial charge on any atom is 0.109 e. The van der Waals surface area contributed by atoms with Crippen molar-refractivity contribution in [3.8, 4) is 0 Å². The van der Waals surface area contributed by atoms with Crippen molar-refractivity contribution in [1.82, 2.24) is 0 Å². The average Bonchev–Trinajstić information content (AvgIpc) is 2.05. The molecule has 1 rings (SSSR count). The van der Waals surface area contributed by atoms with E-state index in [9.17, 15) is 0 Å². The highest BCUT2D eigenvalue weighted by molar-refractivity contribution is 7.80. The van der Waals surface area contributed by atoms with Crippen LogP contribution in [0.3, 0.4) is 0 Å². The van der Waals surface area contributed by atoms with Crippen LogP contribution >= 0.6 is 12.6 Å². The first kappa shape index (κ1) is 9.62. The van der Waals surface area contributed by atoms with Crippen LogP contribution in [0.5, 0.6) is 0 Å². The van der Waals surface area contributed by atoms with Crippen LogP contribution in [-0.2, 0) is 6.42 Å². The van der Waals surface area contributed by atoms with Crippen LogP contribution in [-0.4, -0.2) is 10.5 Å². The van der Waals surface area contributed by atoms with Crippen molar-refractivity contribution >= 4 is 12.6 Å². The fourth-order valence-corrected chi connectivity index (χ4v) is 1.29. The molecule has 1 radical (unpaired) electrons. The first-order valence-electron chi connectivity index (χ1n) is 4.17. The lowest BCUT2D eigenvalue weighted by atomic mass is 10.1. The van der Waals surface area contributed by atoms with Gasteiger partial charge in [-0.3, -0.25) is 0 Å². The smallest absolute Gasteiger partial charge is 0.109 e. The summed E-state index contributed by atoms with van der Waals surface area (Å²) in [5, 5.41) is 8.85. The van der Waals surface area contributed by atoms with Crippen LogP contribution in [0.2, 0.25) is 0 Å². The van der Waals surface area contributed by atoms with Gasteiger partial charge in [-0.05, 0) is 24.8 Å². The molecule has 0 aliphatic carbocycles. The van der Waals surface area contributed by atoms with Crippen molar-refractivity contribution in [2.45, 2.75) is 24.7 Å². The van der Waals surface area contributed by atoms with Gasteiger partial charge in [0.1, 0.15) is 5.44 Å². The van der Waals surface area contributed by atoms with E-state index < -0.39 is 5.44 Å². The number of aryl methyl sites for hydroxylation is 1. The topological polar surface area (TPSA) is 20.2 Å². The van der Waals surface area contributed by atoms with Crippen LogP contribution in [0.25, 0.3) is 0 Å². The summed E-state index contributed by atoms with van der Waals surface area (Å²) >= 11 is 4.65. The summed E-state index contributed by atoms with van der Waals surface area (Å²) in [7, 11) is 0. The molecule has 0 amide bonds. The largest absolute Gasteiger partial charge is 0.382 e. The van der Waals surface area contributed by atoms with Gasteiger partial charge in [0, 0.05) is 0 Å². The van der Waals surface area contributed by atoms with Gasteiger partial charge in [-0.25, -0.2) is 0 Å². The molecule has 0 saturated heterocycles. The molecule has 1 aromatic carbocycles. The maximum atomic E-state index is 8.85. The Morgan fingerprint density at radius 2 is 1.92 bits per heavy atom. The van der Waals surface area contributed by atoms with Crippen LogP contribution in [0.15, 0.2) is 30.3 Å². The first-order chi connectivity index (χ1) is 5.79. The highest BCUT2D eigenvalue weighted by Crippen LogP contribution is 2.07. The number of benzene rings is 1. The molecule has 1 N–H and O–H groups in total. The molecule has 12 heavy (non-hydrogen) atoms. The quantitative estimate of drug-likeness (QED) is 0.756. The summed E-state index contributed by atoms with van der Waals surface area (Å²) < 4.78 is 0. The minimum Gasteiger partial charge on any atom is -0.382 e. The highest BCUT2D eigenvalue weighted by atomic mass is 32.1. The predicted octanol–water partition coefficient (Wildman–Crippen LogP) is 2.53. The van der Waals surface area contributed by atoms with Gasteiger partial charge in [0.15, 0.2) is 0 Å². The molecule has 0 aliphatic heterocycles. The second kappa shape index (κ2) is 5.22. The molecule has 0 bridgehead atoms. The van der Waals surface area contributed by atoms with Crippen molar-refractivity contribution in [1.29, 1.82) is 0 Å². The SMILES string of the molecule is OC([S])CCCc1ccccc1. The van der Waals surface area contributed by atoms with E-state index in [1.54, 1.807) is 0 Å². The van der Waals surface area contributed by atoms with E-state index in [4.69, 9.17) is 5.11 Å². The maximum absolute atomic E-state index is 8.85. The number of rotatable bonds is 4. The molecule has 0 saturated carbocycles. The molecule has 1 atom stereocenters. The molecule has 0 aromatic heterocycles. The zero-order valence-corrected chi connectivity index (χ0v) is 7.76. The summed E-state index contributed by atoms with van der Waals surface area (Å²) in [6.45, 7) is 0. The van der Waals surface area contributed by atoms with Crippen molar-refractivity contribution in [2.75, 3.05) is 0 Å². The van der Waals surface area contributed by atoms with Crippen LogP contribution in [0.1, 0.15) is 18.4 Å². The Bertz CT molecular complexity index is 208. The van der Waals surface area contributed by atoms with Crippen LogP contribution < -0.4 is 0 Å². The molecule has 2 heteroatoms. The van der Waals surface area contributed by atoms with Gasteiger partial charge in [-0.15, -0.1) is 0 Å². The Labute approximate surface area is 78.8 Å². The molecule has 1 nitrogen and oxygen atoms in total. The number of aliphatic hydroxyl groups is 1. The van der Waals surface area contributed by atoms with Gasteiger partial charge < -0.3 is 5.11 Å². The number of hydrogen-bond acceptors (Lipinski definition) is 1. The fourth-order valence-electron chi connectivity index (χ4n) is 1.13. The van der Waals surface area contributed by atoms with E-state index >= 15 is 0 Å². The second-order valence-corrected chi connectivity index (χ2v) is 3.38. The monoisotopic (exact) mass is 181 g/mol. The van der Waals surface area contributed by atoms with Crippen LogP contribution in [0.4, 0.5) is 0 Å². The molecule has 0 heterocycles. The lowest BCUT2D eigenvalue weighted by Gasteiger charge is -2.02. The van der Waals surface area contributed by atoms with Gasteiger partial charge in [0.25, 0.3) is 0 Å². The molecule has 65 valence electrons. The lowest BCUT2D eigenvalue weighted by molar-refractivity contribution is 0.251. The third-order valence-corrected chi connectivity index (χ3v) is 2.00. The zero-order valence-electron chi connectivity index (χ0n) is 6.94. The van der Waals surface area contributed by atoms with Crippen molar-refractivity contribution < 1.29 is 5.11 Å². The normalized spacial score (nSPS) is 12.8. The Kier molecular flexibility index (Phi) is 4.19. The number of aliphatic hydroxyl groups excluding tert-OH is 1. The summed E-state index contributed by atoms with van der Waals surface area (Å²) in [6, 6.07) is 10.2. The molecule has 1 unspecified atom stereocenters. The van der Waals surface area contributed by atoms with E-state index in [0.717, 1.165) is 12.8 Å². The average molecular weight is 181 g/mol. The van der Waals surface area contributed by atoms with Crippen molar-refractivity contribution in [2.24, 2.45) is 0 Å². The standard InChI is InChI=1S/C10H13OS/c11-10(12)8-4-7-9-5-2-1-3-6-9/h1-3,5-6,10-11H,4,7-8H2. The van der Waals surface area contributed by atoms with E-state index in [-0.39, 0.29) is 0 Å². The second-order valence-electron chi connectivity index (χ2n) is 2.83. The minimum absolute atomic E-state index is 0.575. The molecular weight excluding hydrogens is 168 g/mol. The summed E-state index contributed by atoms with van der Waals surface area (Å²) in [4.78, 5) is 0. The van der Waals surface area contributed by atoms with Crippen molar-refractivity contribution in [3.63, 3.8) is 0 Å². The van der Waals surface area contributed by atoms with E-state index in [1.165, 1.54) is 5.56 Å². The molecule has 0 aliphatic rings. The zero-order chi connectivity index (χ0) is 8.81. The van der Waals surface area contributed by atoms with Gasteiger partial charge in [-0.2, -0.15) is 0 Å². The lowest BCUT2D eigenvalue weighted by Crippen LogP contribution is -1.96. The van der Waals surface area contributed by atoms with E-state index in [1.807, 2.05) is 18.2 Å². The highest BCUT2D eigenvalue weighted by Gasteiger charge is 1.97. The number of hydrogen-bond donors (Lipinski definition) is 1. The van der Waals surface area contributed by atoms with Gasteiger partial charge >= 0.3 is 0 Å². The van der Waals surface area contributed by atoms with E-state index in [0.29, 0.717) is 6.42 Å². The molecule has 1 aromatic rings. The third-order valence-electron chi connectivity index (χ3n) is 1.76. The summed E-state index contributed by atoms with van der Waals surface area (Å²) in [6.07, 6.45) is 2.69. The third kappa shape index (κ3) is 3.79. The molecule has 0 fully saturated rings. The Hall–Kier alpha value is -0.470. The fraction of sp³-hybridized carbons (Fsp3) is 0.400. The molecule has 0 spiro atoms. The first-order valence-corrected chi connectivity index (χ1v) is 4.64. The van der Waals surface area contributed by atoms with E-state index in [2.05, 4.69) is 24.8 Å². The van der Waals surface area contributed by atoms with Crippen LogP contribution in [0, 0.1) is 0 Å². The minimum atomic E-state index is -0.575. The Balaban J connectivity index is 2.25. The van der Waals surface area contributed by atoms with Gasteiger partial charge in [0.05, 0.1) is 0 Å². The Morgan fingerprint density at radius 3 is 2.50 bits per heavy atom. The summed E-state index contributed by atoms with van der Waals surface area (Å²) in [5.74, 6) is 0. The Morgan fingerprint density at radius 1 is 1.25 bits per heavy atom. The molecular formula is C10H13OS. The van der Waals surface area contributed by atoms with Crippen molar-refractivity contribution in [3.05, 3.63) is 35.9 Å². The van der Waals surface area contributed by atoms with Gasteiger partial charge in [0.2, 0.25) is 0 Å². The predicted molar refractivity (Wildman–Crippen MR) is 53.0 cm³/mol. The van der Waals surface area contributed by atoms with Gasteiger partial charge in [-0.1, -0.05) is 43.0 Å². The summed E-state index contributed by atoms with van der Waals surface area (Å²) in [5.41, 5.74) is 0.738.